The fraction of sp³-hybridized carbons (Fsp3) is 0.280. The summed E-state index contributed by atoms with van der Waals surface area (Å²) in [6.07, 6.45) is 4.29. The molecular weight excluding hydrogens is 386 g/mol. The van der Waals surface area contributed by atoms with Gasteiger partial charge in [-0.1, -0.05) is 41.1 Å². The van der Waals surface area contributed by atoms with Crippen molar-refractivity contribution in [3.8, 4) is 5.75 Å². The summed E-state index contributed by atoms with van der Waals surface area (Å²) in [5, 5.41) is 12.4. The number of rotatable bonds is 6. The predicted molar refractivity (Wildman–Crippen MR) is 123 cm³/mol. The molecule has 0 amide bonds. The minimum Gasteiger partial charge on any atom is -0.497 e. The number of likely N-dealkylation sites (tertiary alicyclic amines) is 1. The van der Waals surface area contributed by atoms with E-state index < -0.39 is 0 Å². The highest BCUT2D eigenvalue weighted by molar-refractivity contribution is 5.64. The molecule has 0 saturated carbocycles. The van der Waals surface area contributed by atoms with Gasteiger partial charge < -0.3 is 10.1 Å². The van der Waals surface area contributed by atoms with Crippen molar-refractivity contribution in [1.29, 1.82) is 0 Å². The molecule has 158 valence electrons. The number of fused-ring (bicyclic) bond motifs is 1. The lowest BCUT2D eigenvalue weighted by Crippen LogP contribution is -2.23. The molecule has 2 aromatic carbocycles. The minimum absolute atomic E-state index is 0.302. The van der Waals surface area contributed by atoms with Crippen molar-refractivity contribution in [2.24, 2.45) is 0 Å². The van der Waals surface area contributed by atoms with Gasteiger partial charge >= 0.3 is 0 Å². The number of anilines is 2. The molecule has 1 aliphatic heterocycles. The van der Waals surface area contributed by atoms with E-state index in [9.17, 15) is 0 Å². The van der Waals surface area contributed by atoms with Crippen LogP contribution >= 0.6 is 0 Å². The number of benzene rings is 2. The van der Waals surface area contributed by atoms with Gasteiger partial charge in [0.05, 0.1) is 30.6 Å². The van der Waals surface area contributed by atoms with E-state index in [2.05, 4.69) is 63.9 Å². The van der Waals surface area contributed by atoms with Gasteiger partial charge in [-0.05, 0) is 56.1 Å². The Balaban J connectivity index is 1.37. The van der Waals surface area contributed by atoms with E-state index in [1.807, 2.05) is 35.0 Å². The molecule has 0 spiro atoms. The number of methoxy groups -OCH3 is 1. The summed E-state index contributed by atoms with van der Waals surface area (Å²) < 4.78 is 7.18. The number of aryl methyl sites for hydroxylation is 1. The van der Waals surface area contributed by atoms with Gasteiger partial charge in [0.1, 0.15) is 11.4 Å². The first-order valence-corrected chi connectivity index (χ1v) is 10.8. The summed E-state index contributed by atoms with van der Waals surface area (Å²) in [6.45, 7) is 4.16. The van der Waals surface area contributed by atoms with Crippen LogP contribution in [0.15, 0.2) is 66.9 Å². The molecule has 1 saturated heterocycles. The fourth-order valence-electron chi connectivity index (χ4n) is 4.35. The van der Waals surface area contributed by atoms with Gasteiger partial charge in [0.25, 0.3) is 0 Å². The first-order chi connectivity index (χ1) is 15.2. The zero-order valence-corrected chi connectivity index (χ0v) is 18.0. The van der Waals surface area contributed by atoms with E-state index in [-0.39, 0.29) is 0 Å². The first kappa shape index (κ1) is 19.6. The van der Waals surface area contributed by atoms with Crippen molar-refractivity contribution < 1.29 is 4.74 Å². The number of ether oxygens (including phenoxy) is 1. The molecule has 31 heavy (non-hydrogen) atoms. The SMILES string of the molecule is COc1cccc(Nc2ccc3c([C@H]4CCCN4Cc4ccc(C)cc4)nnn3c2)c1. The highest BCUT2D eigenvalue weighted by atomic mass is 16.5. The largest absolute Gasteiger partial charge is 0.497 e. The molecule has 5 rings (SSSR count). The Morgan fingerprint density at radius 1 is 1.06 bits per heavy atom. The number of hydrogen-bond acceptors (Lipinski definition) is 5. The molecule has 0 unspecified atom stereocenters. The highest BCUT2D eigenvalue weighted by Gasteiger charge is 2.29. The number of aromatic nitrogens is 3. The Labute approximate surface area is 182 Å². The Bertz CT molecular complexity index is 1180. The average molecular weight is 414 g/mol. The average Bonchev–Trinajstić information content (AvgIpc) is 3.41. The van der Waals surface area contributed by atoms with Crippen LogP contribution in [0.1, 0.15) is 35.7 Å². The molecular formula is C25H27N5O. The van der Waals surface area contributed by atoms with E-state index in [1.54, 1.807) is 7.11 Å². The van der Waals surface area contributed by atoms with Crippen molar-refractivity contribution in [1.82, 2.24) is 19.7 Å². The lowest BCUT2D eigenvalue weighted by atomic mass is 10.1. The summed E-state index contributed by atoms with van der Waals surface area (Å²) >= 11 is 0. The quantitative estimate of drug-likeness (QED) is 0.475. The molecule has 6 heteroatoms. The zero-order valence-electron chi connectivity index (χ0n) is 18.0. The van der Waals surface area contributed by atoms with Gasteiger partial charge in [0, 0.05) is 18.3 Å². The van der Waals surface area contributed by atoms with Gasteiger partial charge in [-0.15, -0.1) is 5.10 Å². The Hall–Kier alpha value is -3.38. The van der Waals surface area contributed by atoms with Crippen LogP contribution in [-0.2, 0) is 6.54 Å². The van der Waals surface area contributed by atoms with Crippen LogP contribution in [0.25, 0.3) is 5.52 Å². The maximum atomic E-state index is 5.31. The maximum Gasteiger partial charge on any atom is 0.120 e. The lowest BCUT2D eigenvalue weighted by molar-refractivity contribution is 0.245. The van der Waals surface area contributed by atoms with E-state index >= 15 is 0 Å². The monoisotopic (exact) mass is 413 g/mol. The molecule has 0 aliphatic carbocycles. The van der Waals surface area contributed by atoms with Gasteiger partial charge in [0.15, 0.2) is 0 Å². The standard InChI is InChI=1S/C25H27N5O/c1-18-8-10-19(11-9-18)16-29-14-4-7-23(29)25-24-13-12-21(17-30(24)28-27-25)26-20-5-3-6-22(15-20)31-2/h3,5-6,8-13,15,17,23,26H,4,7,14,16H2,1-2H3/t23-/m1/s1. The number of pyridine rings is 1. The van der Waals surface area contributed by atoms with Crippen molar-refractivity contribution in [3.63, 3.8) is 0 Å². The van der Waals surface area contributed by atoms with Gasteiger partial charge in [-0.2, -0.15) is 0 Å². The first-order valence-electron chi connectivity index (χ1n) is 10.8. The molecule has 1 atom stereocenters. The number of nitrogens with zero attached hydrogens (tertiary/aromatic N) is 4. The van der Waals surface area contributed by atoms with Crippen LogP contribution in [0.2, 0.25) is 0 Å². The smallest absolute Gasteiger partial charge is 0.120 e. The Morgan fingerprint density at radius 3 is 2.77 bits per heavy atom. The van der Waals surface area contributed by atoms with Crippen LogP contribution in [0.5, 0.6) is 5.75 Å². The summed E-state index contributed by atoms with van der Waals surface area (Å²) in [4.78, 5) is 2.52. The van der Waals surface area contributed by atoms with Gasteiger partial charge in [-0.3, -0.25) is 4.90 Å². The van der Waals surface area contributed by atoms with Gasteiger partial charge in [-0.25, -0.2) is 4.52 Å². The Morgan fingerprint density at radius 2 is 1.94 bits per heavy atom. The summed E-state index contributed by atoms with van der Waals surface area (Å²) in [5.74, 6) is 0.823. The second-order valence-corrected chi connectivity index (χ2v) is 8.19. The molecule has 0 radical (unpaired) electrons. The fourth-order valence-corrected chi connectivity index (χ4v) is 4.35. The summed E-state index contributed by atoms with van der Waals surface area (Å²) in [7, 11) is 1.67. The highest BCUT2D eigenvalue weighted by Crippen LogP contribution is 2.34. The molecule has 2 aromatic heterocycles. The van der Waals surface area contributed by atoms with E-state index in [0.717, 1.165) is 47.8 Å². The van der Waals surface area contributed by atoms with Crippen molar-refractivity contribution in [2.45, 2.75) is 32.4 Å². The normalized spacial score (nSPS) is 16.6. The van der Waals surface area contributed by atoms with Gasteiger partial charge in [0.2, 0.25) is 0 Å². The third-order valence-corrected chi connectivity index (χ3v) is 5.98. The zero-order chi connectivity index (χ0) is 21.2. The second kappa shape index (κ2) is 8.40. The maximum absolute atomic E-state index is 5.31. The molecule has 0 bridgehead atoms. The van der Waals surface area contributed by atoms with E-state index in [4.69, 9.17) is 4.74 Å². The van der Waals surface area contributed by atoms with Crippen molar-refractivity contribution >= 4 is 16.9 Å². The van der Waals surface area contributed by atoms with Crippen molar-refractivity contribution in [2.75, 3.05) is 19.0 Å². The molecule has 1 fully saturated rings. The topological polar surface area (TPSA) is 54.7 Å². The van der Waals surface area contributed by atoms with Crippen LogP contribution in [0, 0.1) is 6.92 Å². The third kappa shape index (κ3) is 4.11. The molecule has 6 nitrogen and oxygen atoms in total. The van der Waals surface area contributed by atoms with Crippen LogP contribution < -0.4 is 10.1 Å². The van der Waals surface area contributed by atoms with Crippen LogP contribution in [0.4, 0.5) is 11.4 Å². The lowest BCUT2D eigenvalue weighted by Gasteiger charge is -2.23. The molecule has 4 aromatic rings. The summed E-state index contributed by atoms with van der Waals surface area (Å²) in [5.41, 5.74) is 6.71. The second-order valence-electron chi connectivity index (χ2n) is 8.19. The predicted octanol–water partition coefficient (Wildman–Crippen LogP) is 5.13. The summed E-state index contributed by atoms with van der Waals surface area (Å²) in [6, 6.07) is 21.2. The molecule has 1 N–H and O–H groups in total. The minimum atomic E-state index is 0.302. The molecule has 1 aliphatic rings. The number of nitrogens with one attached hydrogen (secondary N) is 1. The van der Waals surface area contributed by atoms with Crippen LogP contribution in [-0.4, -0.2) is 33.4 Å². The van der Waals surface area contributed by atoms with Crippen LogP contribution in [0.3, 0.4) is 0 Å². The number of hydrogen-bond donors (Lipinski definition) is 1. The van der Waals surface area contributed by atoms with Crippen molar-refractivity contribution in [3.05, 3.63) is 83.7 Å². The third-order valence-electron chi connectivity index (χ3n) is 5.98. The molecule has 3 heterocycles. The van der Waals surface area contributed by atoms with E-state index in [1.165, 1.54) is 17.5 Å². The van der Waals surface area contributed by atoms with E-state index in [0.29, 0.717) is 6.04 Å². The Kier molecular flexibility index (Phi) is 5.30.